The number of fused-ring (bicyclic) bond motifs is 1. The van der Waals surface area contributed by atoms with Crippen LogP contribution in [-0.4, -0.2) is 20.1 Å². The molecule has 0 radical (unpaired) electrons. The van der Waals surface area contributed by atoms with Crippen molar-refractivity contribution in [3.63, 3.8) is 0 Å². The summed E-state index contributed by atoms with van der Waals surface area (Å²) in [6, 6.07) is 17.1. The zero-order valence-electron chi connectivity index (χ0n) is 17.2. The van der Waals surface area contributed by atoms with Crippen molar-refractivity contribution in [2.24, 2.45) is 0 Å². The van der Waals surface area contributed by atoms with Gasteiger partial charge in [0.25, 0.3) is 5.91 Å². The van der Waals surface area contributed by atoms with E-state index in [4.69, 9.17) is 9.47 Å². The number of ether oxygens (including phenoxy) is 2. The third-order valence-electron chi connectivity index (χ3n) is 5.06. The lowest BCUT2D eigenvalue weighted by Crippen LogP contribution is -2.10. The second kappa shape index (κ2) is 8.30. The van der Waals surface area contributed by atoms with Crippen molar-refractivity contribution in [2.75, 3.05) is 24.9 Å². The molecule has 164 valence electrons. The maximum Gasteiger partial charge on any atom is 0.416 e. The van der Waals surface area contributed by atoms with Crippen LogP contribution in [0.1, 0.15) is 16.7 Å². The van der Waals surface area contributed by atoms with Crippen LogP contribution in [0.4, 0.5) is 24.5 Å². The second-order valence-corrected chi connectivity index (χ2v) is 7.02. The predicted octanol–water partition coefficient (Wildman–Crippen LogP) is 5.66. The molecule has 0 aliphatic carbocycles. The number of amides is 1. The van der Waals surface area contributed by atoms with Gasteiger partial charge < -0.3 is 20.1 Å². The van der Waals surface area contributed by atoms with Gasteiger partial charge in [0.05, 0.1) is 36.7 Å². The molecule has 8 heteroatoms. The Labute approximate surface area is 182 Å². The molecule has 2 N–H and O–H groups in total. The van der Waals surface area contributed by atoms with Crippen LogP contribution in [0.25, 0.3) is 11.3 Å². The summed E-state index contributed by atoms with van der Waals surface area (Å²) >= 11 is 0. The Bertz CT molecular complexity index is 1190. The highest BCUT2D eigenvalue weighted by atomic mass is 19.4. The number of rotatable bonds is 5. The highest BCUT2D eigenvalue weighted by Crippen LogP contribution is 2.43. The highest BCUT2D eigenvalue weighted by Gasteiger charge is 2.32. The van der Waals surface area contributed by atoms with Crippen molar-refractivity contribution < 1.29 is 27.4 Å². The summed E-state index contributed by atoms with van der Waals surface area (Å²) in [7, 11) is 3.00. The zero-order valence-corrected chi connectivity index (χ0v) is 17.2. The molecule has 0 aromatic heterocycles. The van der Waals surface area contributed by atoms with Crippen LogP contribution in [0.2, 0.25) is 0 Å². The Morgan fingerprint density at radius 2 is 1.53 bits per heavy atom. The zero-order chi connectivity index (χ0) is 22.9. The summed E-state index contributed by atoms with van der Waals surface area (Å²) in [5.74, 6) is 0.556. The van der Waals surface area contributed by atoms with E-state index in [2.05, 4.69) is 10.6 Å². The number of methoxy groups -OCH3 is 2. The van der Waals surface area contributed by atoms with E-state index in [-0.39, 0.29) is 5.91 Å². The summed E-state index contributed by atoms with van der Waals surface area (Å²) in [5, 5.41) is 5.95. The number of hydrogen-bond acceptors (Lipinski definition) is 4. The van der Waals surface area contributed by atoms with Crippen LogP contribution in [0.5, 0.6) is 11.5 Å². The molecule has 1 amide bonds. The Morgan fingerprint density at radius 3 is 2.12 bits per heavy atom. The molecule has 5 nitrogen and oxygen atoms in total. The molecule has 0 spiro atoms. The topological polar surface area (TPSA) is 59.6 Å². The number of hydrogen-bond donors (Lipinski definition) is 2. The minimum absolute atomic E-state index is 0.340. The van der Waals surface area contributed by atoms with Crippen LogP contribution in [0.3, 0.4) is 0 Å². The molecule has 0 saturated heterocycles. The van der Waals surface area contributed by atoms with Crippen molar-refractivity contribution in [2.45, 2.75) is 6.18 Å². The molecule has 0 saturated carbocycles. The molecule has 0 bridgehead atoms. The number of nitrogens with one attached hydrogen (secondary N) is 2. The first-order chi connectivity index (χ1) is 15.3. The van der Waals surface area contributed by atoms with Crippen LogP contribution in [0.15, 0.2) is 66.7 Å². The first-order valence-corrected chi connectivity index (χ1v) is 9.63. The minimum atomic E-state index is -4.43. The Kier molecular flexibility index (Phi) is 5.52. The molecule has 1 heterocycles. The van der Waals surface area contributed by atoms with Crippen molar-refractivity contribution in [3.05, 3.63) is 83.4 Å². The van der Waals surface area contributed by atoms with E-state index in [1.165, 1.54) is 26.4 Å². The standard InChI is InChI=1S/C24H19F3N2O3/c1-31-19-12-17-18(13-20(19)32-2)29-23(30)21(17)22(14-6-4-3-5-7-14)28-16-10-8-15(9-11-16)24(25,26)27/h3-13,28H,1-2H3,(H,29,30). The number of halogens is 3. The third kappa shape index (κ3) is 3.99. The van der Waals surface area contributed by atoms with Crippen molar-refractivity contribution in [3.8, 4) is 11.5 Å². The number of alkyl halides is 3. The molecule has 4 rings (SSSR count). The lowest BCUT2D eigenvalue weighted by atomic mass is 9.99. The van der Waals surface area contributed by atoms with Gasteiger partial charge in [-0.15, -0.1) is 0 Å². The van der Waals surface area contributed by atoms with Gasteiger partial charge in [-0.25, -0.2) is 0 Å². The van der Waals surface area contributed by atoms with E-state index >= 15 is 0 Å². The molecule has 0 atom stereocenters. The largest absolute Gasteiger partial charge is 0.493 e. The SMILES string of the molecule is COc1cc2c(cc1OC)C(=C(Nc1ccc(C(F)(F)F)cc1)c1ccccc1)C(=O)N2. The average molecular weight is 440 g/mol. The minimum Gasteiger partial charge on any atom is -0.493 e. The lowest BCUT2D eigenvalue weighted by Gasteiger charge is -2.16. The van der Waals surface area contributed by atoms with E-state index in [0.29, 0.717) is 45.3 Å². The fraction of sp³-hybridized carbons (Fsp3) is 0.125. The third-order valence-corrected chi connectivity index (χ3v) is 5.06. The lowest BCUT2D eigenvalue weighted by molar-refractivity contribution is -0.137. The quantitative estimate of drug-likeness (QED) is 0.503. The number of benzene rings is 3. The van der Waals surface area contributed by atoms with Crippen molar-refractivity contribution in [1.82, 2.24) is 0 Å². The van der Waals surface area contributed by atoms with Gasteiger partial charge in [-0.3, -0.25) is 4.79 Å². The summed E-state index contributed by atoms with van der Waals surface area (Å²) in [6.07, 6.45) is -4.43. The monoisotopic (exact) mass is 440 g/mol. The maximum atomic E-state index is 13.0. The predicted molar refractivity (Wildman–Crippen MR) is 116 cm³/mol. The Morgan fingerprint density at radius 1 is 0.906 bits per heavy atom. The highest BCUT2D eigenvalue weighted by molar-refractivity contribution is 6.37. The van der Waals surface area contributed by atoms with E-state index in [1.807, 2.05) is 30.3 Å². The van der Waals surface area contributed by atoms with Gasteiger partial charge in [-0.2, -0.15) is 13.2 Å². The summed E-state index contributed by atoms with van der Waals surface area (Å²) < 4.78 is 49.5. The van der Waals surface area contributed by atoms with Gasteiger partial charge in [-0.05, 0) is 35.9 Å². The smallest absolute Gasteiger partial charge is 0.416 e. The number of carbonyl (C=O) groups excluding carboxylic acids is 1. The molecule has 0 fully saturated rings. The maximum absolute atomic E-state index is 13.0. The van der Waals surface area contributed by atoms with Gasteiger partial charge in [0.15, 0.2) is 11.5 Å². The fourth-order valence-corrected chi connectivity index (χ4v) is 3.52. The van der Waals surface area contributed by atoms with Crippen LogP contribution in [0, 0.1) is 0 Å². The van der Waals surface area contributed by atoms with Crippen LogP contribution in [-0.2, 0) is 11.0 Å². The summed E-state index contributed by atoms with van der Waals surface area (Å²) in [5.41, 5.74) is 2.28. The first kappa shape index (κ1) is 21.3. The molecular formula is C24H19F3N2O3. The molecule has 1 aliphatic heterocycles. The second-order valence-electron chi connectivity index (χ2n) is 7.02. The van der Waals surface area contributed by atoms with Gasteiger partial charge >= 0.3 is 6.18 Å². The number of carbonyl (C=O) groups is 1. The molecule has 3 aromatic rings. The summed E-state index contributed by atoms with van der Waals surface area (Å²) in [4.78, 5) is 13.0. The molecule has 1 aliphatic rings. The van der Waals surface area contributed by atoms with E-state index < -0.39 is 11.7 Å². The van der Waals surface area contributed by atoms with Gasteiger partial charge in [0.2, 0.25) is 0 Å². The number of anilines is 2. The fourth-order valence-electron chi connectivity index (χ4n) is 3.52. The normalized spacial score (nSPS) is 14.5. The Hall–Kier alpha value is -3.94. The van der Waals surface area contributed by atoms with Crippen LogP contribution >= 0.6 is 0 Å². The van der Waals surface area contributed by atoms with Crippen LogP contribution < -0.4 is 20.1 Å². The van der Waals surface area contributed by atoms with E-state index in [0.717, 1.165) is 12.1 Å². The Balaban J connectivity index is 1.86. The van der Waals surface area contributed by atoms with E-state index in [9.17, 15) is 18.0 Å². The van der Waals surface area contributed by atoms with Gasteiger partial charge in [0, 0.05) is 17.3 Å². The van der Waals surface area contributed by atoms with E-state index in [1.54, 1.807) is 12.1 Å². The molecule has 32 heavy (non-hydrogen) atoms. The molecule has 3 aromatic carbocycles. The molecular weight excluding hydrogens is 421 g/mol. The summed E-state index contributed by atoms with van der Waals surface area (Å²) in [6.45, 7) is 0. The van der Waals surface area contributed by atoms with Crippen molar-refractivity contribution in [1.29, 1.82) is 0 Å². The first-order valence-electron chi connectivity index (χ1n) is 9.63. The van der Waals surface area contributed by atoms with Gasteiger partial charge in [-0.1, -0.05) is 30.3 Å². The van der Waals surface area contributed by atoms with Crippen molar-refractivity contribution >= 4 is 28.6 Å². The average Bonchev–Trinajstić information content (AvgIpc) is 3.11. The molecule has 0 unspecified atom stereocenters. The van der Waals surface area contributed by atoms with Gasteiger partial charge in [0.1, 0.15) is 0 Å².